The monoisotopic (exact) mass is 211 g/mol. The zero-order chi connectivity index (χ0) is 10.2. The lowest BCUT2D eigenvalue weighted by molar-refractivity contribution is -0.390. The molecular weight excluding hydrogens is 211 g/mol. The van der Waals surface area contributed by atoms with Crippen molar-refractivity contribution in [3.05, 3.63) is 38.7 Å². The Hall–Kier alpha value is -1.30. The molecule has 0 aliphatic heterocycles. The number of rotatable bonds is 1. The average molecular weight is 212 g/mol. The summed E-state index contributed by atoms with van der Waals surface area (Å²) >= 11 is 5.02. The van der Waals surface area contributed by atoms with Crippen LogP contribution in [0.5, 0.6) is 0 Å². The van der Waals surface area contributed by atoms with Crippen LogP contribution >= 0.6 is 11.6 Å². The van der Waals surface area contributed by atoms with E-state index in [0.29, 0.717) is 6.07 Å². The largest absolute Gasteiger partial charge is 0.343 e. The number of hydrogen-bond donors (Lipinski definition) is 0. The number of benzene rings is 1. The van der Waals surface area contributed by atoms with Gasteiger partial charge >= 0.3 is 5.69 Å². The SMILES string of the molecule is O=[N+]([O-])c1c(F)cc(Cl)c(F)c1F. The van der Waals surface area contributed by atoms with Gasteiger partial charge in [0, 0.05) is 6.07 Å². The van der Waals surface area contributed by atoms with Crippen LogP contribution in [0.4, 0.5) is 18.9 Å². The van der Waals surface area contributed by atoms with Crippen molar-refractivity contribution in [3.63, 3.8) is 0 Å². The molecule has 1 aromatic rings. The number of nitro benzene ring substituents is 1. The van der Waals surface area contributed by atoms with Crippen molar-refractivity contribution in [2.75, 3.05) is 0 Å². The van der Waals surface area contributed by atoms with Gasteiger partial charge in [0.25, 0.3) is 0 Å². The van der Waals surface area contributed by atoms with Crippen LogP contribution in [0.25, 0.3) is 0 Å². The molecule has 3 nitrogen and oxygen atoms in total. The molecule has 70 valence electrons. The summed E-state index contributed by atoms with van der Waals surface area (Å²) in [6.45, 7) is 0. The molecule has 0 bridgehead atoms. The molecule has 1 aromatic carbocycles. The van der Waals surface area contributed by atoms with Crippen LogP contribution in [0.15, 0.2) is 6.07 Å². The molecule has 1 rings (SSSR count). The van der Waals surface area contributed by atoms with Crippen molar-refractivity contribution < 1.29 is 18.1 Å². The molecule has 0 radical (unpaired) electrons. The minimum absolute atomic E-state index is 0.345. The summed E-state index contributed by atoms with van der Waals surface area (Å²) in [5.41, 5.74) is -1.54. The lowest BCUT2D eigenvalue weighted by Gasteiger charge is -1.98. The molecule has 0 fully saturated rings. The maximum Gasteiger partial charge on any atom is 0.343 e. The second-order valence-corrected chi connectivity index (χ2v) is 2.48. The maximum atomic E-state index is 12.6. The van der Waals surface area contributed by atoms with Gasteiger partial charge in [0.2, 0.25) is 11.6 Å². The minimum atomic E-state index is -1.89. The number of halogens is 4. The lowest BCUT2D eigenvalue weighted by Crippen LogP contribution is -1.99. The highest BCUT2D eigenvalue weighted by Crippen LogP contribution is 2.28. The quantitative estimate of drug-likeness (QED) is 0.310. The molecule has 0 saturated heterocycles. The maximum absolute atomic E-state index is 12.6. The second-order valence-electron chi connectivity index (χ2n) is 2.07. The van der Waals surface area contributed by atoms with Crippen molar-refractivity contribution in [2.45, 2.75) is 0 Å². The van der Waals surface area contributed by atoms with E-state index in [1.807, 2.05) is 0 Å². The Morgan fingerprint density at radius 3 is 2.31 bits per heavy atom. The van der Waals surface area contributed by atoms with Crippen LogP contribution in [-0.4, -0.2) is 4.92 Å². The molecular formula is C6HClF3NO2. The molecule has 0 atom stereocenters. The van der Waals surface area contributed by atoms with Gasteiger partial charge in [-0.15, -0.1) is 0 Å². The van der Waals surface area contributed by atoms with E-state index in [0.717, 1.165) is 0 Å². The molecule has 0 heterocycles. The van der Waals surface area contributed by atoms with Crippen molar-refractivity contribution in [2.24, 2.45) is 0 Å². The van der Waals surface area contributed by atoms with Gasteiger partial charge < -0.3 is 0 Å². The summed E-state index contributed by atoms with van der Waals surface area (Å²) in [4.78, 5) is 8.66. The highest BCUT2D eigenvalue weighted by molar-refractivity contribution is 6.30. The fraction of sp³-hybridized carbons (Fsp3) is 0. The van der Waals surface area contributed by atoms with Gasteiger partial charge in [-0.25, -0.2) is 4.39 Å². The topological polar surface area (TPSA) is 43.1 Å². The van der Waals surface area contributed by atoms with Crippen molar-refractivity contribution in [1.82, 2.24) is 0 Å². The second kappa shape index (κ2) is 3.21. The van der Waals surface area contributed by atoms with E-state index < -0.39 is 33.1 Å². The first-order valence-electron chi connectivity index (χ1n) is 2.92. The molecule has 0 amide bonds. The normalized spacial score (nSPS) is 10.2. The van der Waals surface area contributed by atoms with E-state index in [1.54, 1.807) is 0 Å². The fourth-order valence-corrected chi connectivity index (χ4v) is 0.903. The Kier molecular flexibility index (Phi) is 2.42. The minimum Gasteiger partial charge on any atom is -0.258 e. The van der Waals surface area contributed by atoms with Crippen LogP contribution in [-0.2, 0) is 0 Å². The highest BCUT2D eigenvalue weighted by atomic mass is 35.5. The number of nitro groups is 1. The predicted molar refractivity (Wildman–Crippen MR) is 38.0 cm³/mol. The Morgan fingerprint density at radius 1 is 1.31 bits per heavy atom. The van der Waals surface area contributed by atoms with Gasteiger partial charge in [0.05, 0.1) is 9.95 Å². The first kappa shape index (κ1) is 9.79. The first-order valence-corrected chi connectivity index (χ1v) is 3.30. The van der Waals surface area contributed by atoms with Gasteiger partial charge in [-0.1, -0.05) is 11.6 Å². The summed E-state index contributed by atoms with van der Waals surface area (Å²) in [7, 11) is 0. The average Bonchev–Trinajstić information content (AvgIpc) is 1.99. The van der Waals surface area contributed by atoms with Crippen LogP contribution in [0, 0.1) is 27.6 Å². The van der Waals surface area contributed by atoms with Crippen molar-refractivity contribution in [3.8, 4) is 0 Å². The third-order valence-corrected chi connectivity index (χ3v) is 1.55. The number of nitrogens with zero attached hydrogens (tertiary/aromatic N) is 1. The zero-order valence-electron chi connectivity index (χ0n) is 5.85. The molecule has 0 unspecified atom stereocenters. The van der Waals surface area contributed by atoms with Crippen molar-refractivity contribution >= 4 is 17.3 Å². The standard InChI is InChI=1S/C6HClF3NO2/c7-2-1-3(8)6(11(12)13)5(10)4(2)9/h1H. The van der Waals surface area contributed by atoms with E-state index in [4.69, 9.17) is 11.6 Å². The fourth-order valence-electron chi connectivity index (χ4n) is 0.724. The van der Waals surface area contributed by atoms with E-state index in [-0.39, 0.29) is 0 Å². The Labute approximate surface area is 74.9 Å². The number of hydrogen-bond acceptors (Lipinski definition) is 2. The van der Waals surface area contributed by atoms with E-state index >= 15 is 0 Å². The molecule has 0 spiro atoms. The van der Waals surface area contributed by atoms with Gasteiger partial charge in [-0.2, -0.15) is 8.78 Å². The highest BCUT2D eigenvalue weighted by Gasteiger charge is 2.26. The van der Waals surface area contributed by atoms with Crippen LogP contribution in [0.1, 0.15) is 0 Å². The molecule has 0 N–H and O–H groups in total. The summed E-state index contributed by atoms with van der Waals surface area (Å²) in [5.74, 6) is -5.03. The predicted octanol–water partition coefficient (Wildman–Crippen LogP) is 2.67. The lowest BCUT2D eigenvalue weighted by atomic mass is 10.3. The van der Waals surface area contributed by atoms with E-state index in [9.17, 15) is 23.3 Å². The first-order chi connectivity index (χ1) is 5.95. The van der Waals surface area contributed by atoms with Gasteiger partial charge in [0.15, 0.2) is 5.82 Å². The Bertz CT molecular complexity index is 383. The van der Waals surface area contributed by atoms with Crippen LogP contribution < -0.4 is 0 Å². The summed E-state index contributed by atoms with van der Waals surface area (Å²) in [6, 6.07) is 0.345. The Morgan fingerprint density at radius 2 is 1.85 bits per heavy atom. The molecule has 7 heteroatoms. The summed E-state index contributed by atoms with van der Waals surface area (Å²) in [6.07, 6.45) is 0. The Balaban J connectivity index is 3.53. The summed E-state index contributed by atoms with van der Waals surface area (Å²) < 4.78 is 37.8. The third-order valence-electron chi connectivity index (χ3n) is 1.27. The smallest absolute Gasteiger partial charge is 0.258 e. The molecule has 13 heavy (non-hydrogen) atoms. The molecule has 0 aliphatic rings. The van der Waals surface area contributed by atoms with Crippen molar-refractivity contribution in [1.29, 1.82) is 0 Å². The molecule has 0 aromatic heterocycles. The van der Waals surface area contributed by atoms with E-state index in [2.05, 4.69) is 0 Å². The van der Waals surface area contributed by atoms with Crippen LogP contribution in [0.2, 0.25) is 5.02 Å². The van der Waals surface area contributed by atoms with Crippen LogP contribution in [0.3, 0.4) is 0 Å². The van der Waals surface area contributed by atoms with Gasteiger partial charge in [-0.3, -0.25) is 10.1 Å². The van der Waals surface area contributed by atoms with E-state index in [1.165, 1.54) is 0 Å². The third kappa shape index (κ3) is 1.57. The van der Waals surface area contributed by atoms with Gasteiger partial charge in [0.1, 0.15) is 0 Å². The zero-order valence-corrected chi connectivity index (χ0v) is 6.61. The summed E-state index contributed by atoms with van der Waals surface area (Å²) in [5, 5.41) is 9.19. The van der Waals surface area contributed by atoms with Gasteiger partial charge in [-0.05, 0) is 0 Å². The molecule has 0 aliphatic carbocycles. The molecule has 0 saturated carbocycles.